The van der Waals surface area contributed by atoms with Crippen molar-refractivity contribution >= 4 is 5.78 Å². The molecule has 0 unspecified atom stereocenters. The Morgan fingerprint density at radius 1 is 1.22 bits per heavy atom. The number of Topliss-reactive ketones (excluding diaryl/α,β-unsaturated/α-hetero) is 1. The van der Waals surface area contributed by atoms with Crippen molar-refractivity contribution in [3.63, 3.8) is 0 Å². The molecule has 0 aromatic heterocycles. The summed E-state index contributed by atoms with van der Waals surface area (Å²) in [6, 6.07) is 7.66. The van der Waals surface area contributed by atoms with Gasteiger partial charge in [0, 0.05) is 24.6 Å². The van der Waals surface area contributed by atoms with E-state index in [1.807, 2.05) is 6.92 Å². The van der Waals surface area contributed by atoms with E-state index in [0.29, 0.717) is 30.3 Å². The molecule has 1 aromatic carbocycles. The molecule has 0 aliphatic heterocycles. The maximum atomic E-state index is 11.6. The summed E-state index contributed by atoms with van der Waals surface area (Å²) in [4.78, 5) is 11.6. The molecular formula is C19H29NO3. The molecular weight excluding hydrogens is 290 g/mol. The molecule has 1 atom stereocenters. The van der Waals surface area contributed by atoms with Crippen LogP contribution in [0, 0.1) is 0 Å². The summed E-state index contributed by atoms with van der Waals surface area (Å²) < 4.78 is 5.60. The molecule has 0 bridgehead atoms. The van der Waals surface area contributed by atoms with Crippen LogP contribution in [0.1, 0.15) is 62.2 Å². The zero-order valence-corrected chi connectivity index (χ0v) is 14.1. The monoisotopic (exact) mass is 319 g/mol. The number of aliphatic hydroxyl groups excluding tert-OH is 1. The smallest absolute Gasteiger partial charge is 0.162 e. The molecule has 1 saturated carbocycles. The van der Waals surface area contributed by atoms with Gasteiger partial charge in [0.1, 0.15) is 18.5 Å². The van der Waals surface area contributed by atoms with Crippen molar-refractivity contribution in [3.8, 4) is 5.75 Å². The number of nitrogens with one attached hydrogen (secondary N) is 1. The van der Waals surface area contributed by atoms with Crippen LogP contribution in [0.25, 0.3) is 0 Å². The van der Waals surface area contributed by atoms with Gasteiger partial charge in [-0.05, 0) is 37.1 Å². The number of carbonyl (C=O) groups is 1. The minimum atomic E-state index is -0.518. The van der Waals surface area contributed by atoms with E-state index >= 15 is 0 Å². The van der Waals surface area contributed by atoms with E-state index in [1.165, 1.54) is 38.5 Å². The third kappa shape index (κ3) is 6.32. The highest BCUT2D eigenvalue weighted by Gasteiger charge is 2.13. The second-order valence-electron chi connectivity index (χ2n) is 6.36. The van der Waals surface area contributed by atoms with Crippen LogP contribution in [0.15, 0.2) is 24.3 Å². The van der Waals surface area contributed by atoms with Gasteiger partial charge in [-0.2, -0.15) is 0 Å². The van der Waals surface area contributed by atoms with Crippen molar-refractivity contribution in [2.24, 2.45) is 0 Å². The molecule has 1 fully saturated rings. The van der Waals surface area contributed by atoms with Crippen molar-refractivity contribution < 1.29 is 14.6 Å². The van der Waals surface area contributed by atoms with Crippen LogP contribution in [0.5, 0.6) is 5.75 Å². The third-order valence-corrected chi connectivity index (χ3v) is 4.44. The van der Waals surface area contributed by atoms with E-state index in [4.69, 9.17) is 4.74 Å². The zero-order chi connectivity index (χ0) is 16.5. The van der Waals surface area contributed by atoms with E-state index < -0.39 is 6.10 Å². The van der Waals surface area contributed by atoms with Crippen LogP contribution in [0.2, 0.25) is 0 Å². The Bertz CT molecular complexity index is 464. The fourth-order valence-corrected chi connectivity index (χ4v) is 2.98. The molecule has 0 heterocycles. The largest absolute Gasteiger partial charge is 0.491 e. The van der Waals surface area contributed by atoms with Crippen molar-refractivity contribution in [3.05, 3.63) is 29.8 Å². The molecule has 0 spiro atoms. The summed E-state index contributed by atoms with van der Waals surface area (Å²) in [6.07, 6.45) is 7.64. The van der Waals surface area contributed by atoms with E-state index in [2.05, 4.69) is 5.32 Å². The average Bonchev–Trinajstić information content (AvgIpc) is 2.86. The number of aliphatic hydroxyl groups is 1. The van der Waals surface area contributed by atoms with Gasteiger partial charge in [0.05, 0.1) is 0 Å². The van der Waals surface area contributed by atoms with E-state index in [0.717, 1.165) is 0 Å². The summed E-state index contributed by atoms with van der Waals surface area (Å²) in [6.45, 7) is 2.68. The van der Waals surface area contributed by atoms with Crippen molar-refractivity contribution in [1.82, 2.24) is 5.32 Å². The number of benzene rings is 1. The lowest BCUT2D eigenvalue weighted by Gasteiger charge is -2.19. The summed E-state index contributed by atoms with van der Waals surface area (Å²) in [5, 5.41) is 13.5. The Kier molecular flexibility index (Phi) is 7.56. The quantitative estimate of drug-likeness (QED) is 0.570. The summed E-state index contributed by atoms with van der Waals surface area (Å²) in [5.74, 6) is 0.815. The maximum absolute atomic E-state index is 11.6. The van der Waals surface area contributed by atoms with Gasteiger partial charge in [-0.3, -0.25) is 4.79 Å². The number of hydrogen-bond donors (Lipinski definition) is 2. The van der Waals surface area contributed by atoms with Gasteiger partial charge in [-0.1, -0.05) is 32.6 Å². The molecule has 1 aliphatic rings. The predicted molar refractivity (Wildman–Crippen MR) is 92.1 cm³/mol. The molecule has 128 valence electrons. The van der Waals surface area contributed by atoms with Gasteiger partial charge in [-0.15, -0.1) is 0 Å². The highest BCUT2D eigenvalue weighted by Crippen LogP contribution is 2.17. The van der Waals surface area contributed by atoms with Crippen LogP contribution in [0.4, 0.5) is 0 Å². The lowest BCUT2D eigenvalue weighted by molar-refractivity contribution is 0.0985. The molecule has 2 rings (SSSR count). The first-order valence-electron chi connectivity index (χ1n) is 8.86. The highest BCUT2D eigenvalue weighted by molar-refractivity contribution is 5.95. The topological polar surface area (TPSA) is 58.6 Å². The molecule has 0 saturated heterocycles. The first-order chi connectivity index (χ1) is 11.2. The predicted octanol–water partition coefficient (Wildman–Crippen LogP) is 3.33. The Balaban J connectivity index is 1.69. The zero-order valence-electron chi connectivity index (χ0n) is 14.1. The van der Waals surface area contributed by atoms with E-state index in [9.17, 15) is 9.90 Å². The van der Waals surface area contributed by atoms with Gasteiger partial charge in [0.2, 0.25) is 0 Å². The number of ether oxygens (including phenoxy) is 1. The van der Waals surface area contributed by atoms with Crippen molar-refractivity contribution in [2.45, 2.75) is 64.0 Å². The molecule has 2 N–H and O–H groups in total. The fraction of sp³-hybridized carbons (Fsp3) is 0.632. The SMILES string of the molecule is CCC(=O)c1ccc(OC[C@H](O)CNC2CCCCCC2)cc1. The second kappa shape index (κ2) is 9.68. The van der Waals surface area contributed by atoms with Crippen molar-refractivity contribution in [1.29, 1.82) is 0 Å². The highest BCUT2D eigenvalue weighted by atomic mass is 16.5. The number of ketones is 1. The lowest BCUT2D eigenvalue weighted by atomic mass is 10.1. The molecule has 0 radical (unpaired) electrons. The van der Waals surface area contributed by atoms with E-state index in [-0.39, 0.29) is 12.4 Å². The standard InChI is InChI=1S/C19H29NO3/c1-2-19(22)15-9-11-18(12-10-15)23-14-17(21)13-20-16-7-5-3-4-6-8-16/h9-12,16-17,20-21H,2-8,13-14H2,1H3/t17-/m1/s1. The van der Waals surface area contributed by atoms with E-state index in [1.54, 1.807) is 24.3 Å². The molecule has 4 nitrogen and oxygen atoms in total. The first kappa shape index (κ1) is 18.0. The molecule has 0 amide bonds. The maximum Gasteiger partial charge on any atom is 0.162 e. The van der Waals surface area contributed by atoms with Gasteiger partial charge < -0.3 is 15.2 Å². The Labute approximate surface area is 139 Å². The molecule has 4 heteroatoms. The lowest BCUT2D eigenvalue weighted by Crippen LogP contribution is -2.37. The van der Waals surface area contributed by atoms with Gasteiger partial charge in [0.25, 0.3) is 0 Å². The van der Waals surface area contributed by atoms with Crippen LogP contribution in [-0.2, 0) is 0 Å². The Morgan fingerprint density at radius 2 is 1.87 bits per heavy atom. The minimum Gasteiger partial charge on any atom is -0.491 e. The van der Waals surface area contributed by atoms with Gasteiger partial charge in [-0.25, -0.2) is 0 Å². The fourth-order valence-electron chi connectivity index (χ4n) is 2.98. The van der Waals surface area contributed by atoms with Crippen LogP contribution in [0.3, 0.4) is 0 Å². The number of rotatable bonds is 8. The second-order valence-corrected chi connectivity index (χ2v) is 6.36. The molecule has 1 aliphatic carbocycles. The van der Waals surface area contributed by atoms with Gasteiger partial charge in [0.15, 0.2) is 5.78 Å². The summed E-state index contributed by atoms with van der Waals surface area (Å²) >= 11 is 0. The summed E-state index contributed by atoms with van der Waals surface area (Å²) in [7, 11) is 0. The third-order valence-electron chi connectivity index (χ3n) is 4.44. The van der Waals surface area contributed by atoms with Crippen LogP contribution < -0.4 is 10.1 Å². The number of hydrogen-bond acceptors (Lipinski definition) is 4. The average molecular weight is 319 g/mol. The normalized spacial score (nSPS) is 17.5. The Hall–Kier alpha value is -1.39. The van der Waals surface area contributed by atoms with Gasteiger partial charge >= 0.3 is 0 Å². The Morgan fingerprint density at radius 3 is 2.48 bits per heavy atom. The number of carbonyl (C=O) groups excluding carboxylic acids is 1. The first-order valence-corrected chi connectivity index (χ1v) is 8.86. The minimum absolute atomic E-state index is 0.129. The molecule has 23 heavy (non-hydrogen) atoms. The van der Waals surface area contributed by atoms with Crippen LogP contribution in [-0.4, -0.2) is 36.2 Å². The summed E-state index contributed by atoms with van der Waals surface area (Å²) in [5.41, 5.74) is 0.704. The van der Waals surface area contributed by atoms with Crippen molar-refractivity contribution in [2.75, 3.05) is 13.2 Å². The van der Waals surface area contributed by atoms with Crippen LogP contribution >= 0.6 is 0 Å². The molecule has 1 aromatic rings.